The number of benzene rings is 1. The van der Waals surface area contributed by atoms with E-state index in [-0.39, 0.29) is 11.5 Å². The van der Waals surface area contributed by atoms with E-state index in [1.54, 1.807) is 32.9 Å². The normalized spacial score (nSPS) is 19.7. The third-order valence-electron chi connectivity index (χ3n) is 5.00. The molecule has 26 heavy (non-hydrogen) atoms. The van der Waals surface area contributed by atoms with Crippen LogP contribution in [0.5, 0.6) is 0 Å². The fourth-order valence-corrected chi connectivity index (χ4v) is 3.82. The van der Waals surface area contributed by atoms with Crippen LogP contribution in [0.4, 0.5) is 0 Å². The second-order valence-corrected chi connectivity index (χ2v) is 8.68. The van der Waals surface area contributed by atoms with Crippen molar-refractivity contribution < 1.29 is 19.1 Å². The zero-order chi connectivity index (χ0) is 19.1. The smallest absolute Gasteiger partial charge is 0.343 e. The number of esters is 2. The van der Waals surface area contributed by atoms with Gasteiger partial charge < -0.3 is 9.47 Å². The van der Waals surface area contributed by atoms with E-state index in [0.717, 1.165) is 24.8 Å². The topological polar surface area (TPSA) is 52.6 Å². The number of aryl methyl sites for hydroxylation is 1. The van der Waals surface area contributed by atoms with E-state index in [0.29, 0.717) is 29.2 Å². The van der Waals surface area contributed by atoms with Crippen LogP contribution >= 0.6 is 11.6 Å². The molecule has 140 valence electrons. The summed E-state index contributed by atoms with van der Waals surface area (Å²) >= 11 is 6.41. The van der Waals surface area contributed by atoms with Crippen LogP contribution < -0.4 is 0 Å². The van der Waals surface area contributed by atoms with Gasteiger partial charge in [-0.15, -0.1) is 0 Å². The molecule has 0 radical (unpaired) electrons. The van der Waals surface area contributed by atoms with Gasteiger partial charge in [-0.05, 0) is 65.0 Å². The third kappa shape index (κ3) is 3.39. The van der Waals surface area contributed by atoms with Crippen molar-refractivity contribution >= 4 is 29.1 Å². The fourth-order valence-electron chi connectivity index (χ4n) is 3.49. The van der Waals surface area contributed by atoms with Crippen molar-refractivity contribution in [1.29, 1.82) is 0 Å². The molecule has 1 spiro atoms. The zero-order valence-corrected chi connectivity index (χ0v) is 16.5. The van der Waals surface area contributed by atoms with Gasteiger partial charge in [-0.2, -0.15) is 0 Å². The van der Waals surface area contributed by atoms with Crippen molar-refractivity contribution in [2.75, 3.05) is 0 Å². The van der Waals surface area contributed by atoms with Crippen LogP contribution in [0.25, 0.3) is 5.57 Å². The molecule has 0 amide bonds. The number of hydrogen-bond acceptors (Lipinski definition) is 4. The predicted molar refractivity (Wildman–Crippen MR) is 101 cm³/mol. The van der Waals surface area contributed by atoms with E-state index in [9.17, 15) is 9.59 Å². The van der Waals surface area contributed by atoms with Gasteiger partial charge >= 0.3 is 11.9 Å². The van der Waals surface area contributed by atoms with Crippen LogP contribution in [-0.2, 0) is 19.1 Å². The second-order valence-electron chi connectivity index (χ2n) is 8.27. The summed E-state index contributed by atoms with van der Waals surface area (Å²) in [5.41, 5.74) is 0.304. The van der Waals surface area contributed by atoms with E-state index >= 15 is 0 Å². The Hall–Kier alpha value is -1.81. The molecule has 1 aliphatic heterocycles. The first kappa shape index (κ1) is 19.0. The molecular weight excluding hydrogens is 352 g/mol. The Morgan fingerprint density at radius 2 is 1.85 bits per heavy atom. The quantitative estimate of drug-likeness (QED) is 0.665. The van der Waals surface area contributed by atoms with Gasteiger partial charge in [-0.3, -0.25) is 4.79 Å². The summed E-state index contributed by atoms with van der Waals surface area (Å²) in [6.45, 7) is 7.30. The molecule has 1 saturated carbocycles. The SMILES string of the molecule is Cc1ccc(C2=C(OC(=O)C(C)(C)C)C3(CCCCC3)OC2=O)c(Cl)c1. The molecule has 1 heterocycles. The standard InChI is InChI=1S/C21H25ClO4/c1-13-8-9-14(15(22)12-13)16-17(25-19(24)20(2,3)4)21(26-18(16)23)10-6-5-7-11-21/h8-9,12H,5-7,10-11H2,1-4H3. The number of halogens is 1. The van der Waals surface area contributed by atoms with Crippen LogP contribution in [0.2, 0.25) is 5.02 Å². The molecule has 0 unspecified atom stereocenters. The minimum atomic E-state index is -0.847. The predicted octanol–water partition coefficient (Wildman–Crippen LogP) is 5.21. The van der Waals surface area contributed by atoms with Crippen molar-refractivity contribution in [3.8, 4) is 0 Å². The highest BCUT2D eigenvalue weighted by Gasteiger charge is 2.52. The molecule has 1 aromatic carbocycles. The minimum absolute atomic E-state index is 0.287. The number of rotatable bonds is 2. The highest BCUT2D eigenvalue weighted by atomic mass is 35.5. The lowest BCUT2D eigenvalue weighted by atomic mass is 9.82. The average Bonchev–Trinajstić information content (AvgIpc) is 2.79. The second kappa shape index (κ2) is 6.73. The highest BCUT2D eigenvalue weighted by molar-refractivity contribution is 6.35. The van der Waals surface area contributed by atoms with E-state index in [4.69, 9.17) is 21.1 Å². The van der Waals surface area contributed by atoms with Gasteiger partial charge in [0, 0.05) is 10.6 Å². The van der Waals surface area contributed by atoms with Crippen molar-refractivity contribution in [3.63, 3.8) is 0 Å². The molecule has 0 aromatic heterocycles. The minimum Gasteiger partial charge on any atom is -0.447 e. The summed E-state index contributed by atoms with van der Waals surface area (Å²) in [4.78, 5) is 25.4. The van der Waals surface area contributed by atoms with Crippen LogP contribution in [0, 0.1) is 12.3 Å². The number of carbonyl (C=O) groups is 2. The van der Waals surface area contributed by atoms with Crippen molar-refractivity contribution in [2.45, 2.75) is 65.4 Å². The molecule has 0 atom stereocenters. The molecule has 1 fully saturated rings. The number of carbonyl (C=O) groups excluding carboxylic acids is 2. The van der Waals surface area contributed by atoms with Gasteiger partial charge in [0.25, 0.3) is 0 Å². The lowest BCUT2D eigenvalue weighted by molar-refractivity contribution is -0.159. The summed E-state index contributed by atoms with van der Waals surface area (Å²) in [5.74, 6) is -0.501. The van der Waals surface area contributed by atoms with E-state index in [1.165, 1.54) is 0 Å². The van der Waals surface area contributed by atoms with Crippen molar-refractivity contribution in [1.82, 2.24) is 0 Å². The summed E-state index contributed by atoms with van der Waals surface area (Å²) in [6.07, 6.45) is 4.27. The van der Waals surface area contributed by atoms with E-state index in [2.05, 4.69) is 0 Å². The first-order valence-corrected chi connectivity index (χ1v) is 9.49. The maximum atomic E-state index is 12.8. The highest BCUT2D eigenvalue weighted by Crippen LogP contribution is 2.48. The molecule has 1 aliphatic carbocycles. The molecule has 0 bridgehead atoms. The van der Waals surface area contributed by atoms with Crippen LogP contribution in [0.15, 0.2) is 24.0 Å². The Morgan fingerprint density at radius 1 is 1.19 bits per heavy atom. The van der Waals surface area contributed by atoms with Gasteiger partial charge in [0.2, 0.25) is 0 Å². The van der Waals surface area contributed by atoms with Gasteiger partial charge in [0.1, 0.15) is 5.57 Å². The molecule has 0 saturated heterocycles. The Balaban J connectivity index is 2.15. The largest absolute Gasteiger partial charge is 0.447 e. The fraction of sp³-hybridized carbons (Fsp3) is 0.524. The van der Waals surface area contributed by atoms with Gasteiger partial charge in [-0.25, -0.2) is 4.79 Å². The zero-order valence-electron chi connectivity index (χ0n) is 15.8. The number of hydrogen-bond donors (Lipinski definition) is 0. The lowest BCUT2D eigenvalue weighted by Gasteiger charge is -2.34. The molecule has 2 aliphatic rings. The first-order chi connectivity index (χ1) is 12.1. The van der Waals surface area contributed by atoms with Gasteiger partial charge in [0.15, 0.2) is 11.4 Å². The summed E-state index contributed by atoms with van der Waals surface area (Å²) in [5, 5.41) is 0.453. The molecule has 1 aromatic rings. The first-order valence-electron chi connectivity index (χ1n) is 9.11. The third-order valence-corrected chi connectivity index (χ3v) is 5.31. The van der Waals surface area contributed by atoms with Gasteiger partial charge in [-0.1, -0.05) is 30.2 Å². The molecular formula is C21H25ClO4. The van der Waals surface area contributed by atoms with Crippen LogP contribution in [0.1, 0.15) is 64.0 Å². The maximum absolute atomic E-state index is 12.8. The Morgan fingerprint density at radius 3 is 2.42 bits per heavy atom. The molecule has 4 nitrogen and oxygen atoms in total. The van der Waals surface area contributed by atoms with Crippen LogP contribution in [0.3, 0.4) is 0 Å². The summed E-state index contributed by atoms with van der Waals surface area (Å²) < 4.78 is 11.6. The van der Waals surface area contributed by atoms with E-state index < -0.39 is 17.0 Å². The van der Waals surface area contributed by atoms with E-state index in [1.807, 2.05) is 13.0 Å². The Labute approximate surface area is 159 Å². The van der Waals surface area contributed by atoms with Gasteiger partial charge in [0.05, 0.1) is 5.41 Å². The average molecular weight is 377 g/mol. The summed E-state index contributed by atoms with van der Waals surface area (Å²) in [7, 11) is 0. The molecule has 3 rings (SSSR count). The van der Waals surface area contributed by atoms with Crippen molar-refractivity contribution in [3.05, 3.63) is 40.1 Å². The van der Waals surface area contributed by atoms with Crippen LogP contribution in [-0.4, -0.2) is 17.5 Å². The maximum Gasteiger partial charge on any atom is 0.343 e. The summed E-state index contributed by atoms with van der Waals surface area (Å²) in [6, 6.07) is 5.48. The lowest BCUT2D eigenvalue weighted by Crippen LogP contribution is -2.37. The Kier molecular flexibility index (Phi) is 4.91. The molecule has 5 heteroatoms. The number of ether oxygens (including phenoxy) is 2. The molecule has 0 N–H and O–H groups in total. The Bertz CT molecular complexity index is 780. The monoisotopic (exact) mass is 376 g/mol. The van der Waals surface area contributed by atoms with Crippen molar-refractivity contribution in [2.24, 2.45) is 5.41 Å².